The molecule has 2 aromatic rings. The molecule has 1 fully saturated rings. The van der Waals surface area contributed by atoms with Crippen LogP contribution in [0.25, 0.3) is 11.1 Å². The zero-order valence-electron chi connectivity index (χ0n) is 15.0. The molecule has 3 rings (SSSR count). The van der Waals surface area contributed by atoms with Crippen molar-refractivity contribution in [3.8, 4) is 16.9 Å². The van der Waals surface area contributed by atoms with Crippen LogP contribution in [0.2, 0.25) is 0 Å². The van der Waals surface area contributed by atoms with Crippen LogP contribution in [0.15, 0.2) is 48.5 Å². The quantitative estimate of drug-likeness (QED) is 0.908. The van der Waals surface area contributed by atoms with E-state index in [1.54, 1.807) is 7.11 Å². The van der Waals surface area contributed by atoms with Gasteiger partial charge >= 0.3 is 0 Å². The Labute approximate surface area is 149 Å². The molecular weight excluding hydrogens is 312 g/mol. The summed E-state index contributed by atoms with van der Waals surface area (Å²) in [4.78, 5) is 14.9. The summed E-state index contributed by atoms with van der Waals surface area (Å²) in [5.41, 5.74) is 2.67. The summed E-state index contributed by atoms with van der Waals surface area (Å²) < 4.78 is 5.43. The number of amides is 1. The highest BCUT2D eigenvalue weighted by Crippen LogP contribution is 2.29. The standard InChI is InChI=1S/C21H26N2O2/c1-23-12-6-7-16(15-23)14-22-21(24)18-9-5-8-17(13-18)19-10-3-4-11-20(19)25-2/h3-5,8-11,13,16H,6-7,12,14-15H2,1-2H3,(H,22,24). The number of nitrogens with zero attached hydrogens (tertiary/aromatic N) is 1. The number of nitrogens with one attached hydrogen (secondary N) is 1. The molecule has 2 aromatic carbocycles. The van der Waals surface area contributed by atoms with Crippen LogP contribution < -0.4 is 10.1 Å². The summed E-state index contributed by atoms with van der Waals surface area (Å²) in [6, 6.07) is 15.6. The minimum Gasteiger partial charge on any atom is -0.496 e. The molecule has 1 unspecified atom stereocenters. The third-order valence-electron chi connectivity index (χ3n) is 4.82. The molecule has 0 radical (unpaired) electrons. The van der Waals surface area contributed by atoms with Gasteiger partial charge in [0.25, 0.3) is 5.91 Å². The number of ether oxygens (including phenoxy) is 1. The molecule has 132 valence electrons. The molecular formula is C21H26N2O2. The molecule has 0 spiro atoms. The molecule has 1 aliphatic rings. The Bertz CT molecular complexity index is 729. The highest BCUT2D eigenvalue weighted by atomic mass is 16.5. The smallest absolute Gasteiger partial charge is 0.251 e. The van der Waals surface area contributed by atoms with Gasteiger partial charge < -0.3 is 15.0 Å². The number of rotatable bonds is 5. The van der Waals surface area contributed by atoms with Gasteiger partial charge in [-0.05, 0) is 56.1 Å². The first-order valence-corrected chi connectivity index (χ1v) is 8.87. The molecule has 0 aliphatic carbocycles. The van der Waals surface area contributed by atoms with Crippen LogP contribution in [0.1, 0.15) is 23.2 Å². The third-order valence-corrected chi connectivity index (χ3v) is 4.82. The lowest BCUT2D eigenvalue weighted by Gasteiger charge is -2.29. The first kappa shape index (κ1) is 17.5. The Morgan fingerprint density at radius 1 is 1.24 bits per heavy atom. The lowest BCUT2D eigenvalue weighted by Crippen LogP contribution is -2.39. The molecule has 1 saturated heterocycles. The maximum atomic E-state index is 12.6. The van der Waals surface area contributed by atoms with Crippen LogP contribution in [0, 0.1) is 5.92 Å². The fourth-order valence-electron chi connectivity index (χ4n) is 3.49. The van der Waals surface area contributed by atoms with Crippen molar-refractivity contribution >= 4 is 5.91 Å². The van der Waals surface area contributed by atoms with E-state index in [0.717, 1.165) is 36.5 Å². The number of carbonyl (C=O) groups is 1. The number of hydrogen-bond donors (Lipinski definition) is 1. The molecule has 4 nitrogen and oxygen atoms in total. The minimum atomic E-state index is -0.00928. The fourth-order valence-corrected chi connectivity index (χ4v) is 3.49. The largest absolute Gasteiger partial charge is 0.496 e. The molecule has 1 aliphatic heterocycles. The first-order chi connectivity index (χ1) is 12.2. The van der Waals surface area contributed by atoms with Gasteiger partial charge in [-0.15, -0.1) is 0 Å². The summed E-state index contributed by atoms with van der Waals surface area (Å²) in [7, 11) is 3.81. The van der Waals surface area contributed by atoms with Crippen molar-refractivity contribution in [1.29, 1.82) is 0 Å². The van der Waals surface area contributed by atoms with Crippen molar-refractivity contribution < 1.29 is 9.53 Å². The van der Waals surface area contributed by atoms with Gasteiger partial charge in [-0.3, -0.25) is 4.79 Å². The average Bonchev–Trinajstić information content (AvgIpc) is 2.66. The van der Waals surface area contributed by atoms with E-state index in [1.807, 2.05) is 48.5 Å². The van der Waals surface area contributed by atoms with Gasteiger partial charge in [0.2, 0.25) is 0 Å². The summed E-state index contributed by atoms with van der Waals surface area (Å²) >= 11 is 0. The van der Waals surface area contributed by atoms with E-state index in [4.69, 9.17) is 4.74 Å². The van der Waals surface area contributed by atoms with Crippen LogP contribution in [0.5, 0.6) is 5.75 Å². The minimum absolute atomic E-state index is 0.00928. The molecule has 1 amide bonds. The van der Waals surface area contributed by atoms with Crippen molar-refractivity contribution in [2.45, 2.75) is 12.8 Å². The van der Waals surface area contributed by atoms with E-state index in [9.17, 15) is 4.79 Å². The van der Waals surface area contributed by atoms with Crippen molar-refractivity contribution in [3.05, 3.63) is 54.1 Å². The number of carbonyl (C=O) groups excluding carboxylic acids is 1. The molecule has 0 bridgehead atoms. The predicted molar refractivity (Wildman–Crippen MR) is 101 cm³/mol. The second kappa shape index (κ2) is 8.17. The van der Waals surface area contributed by atoms with Crippen LogP contribution in [0.4, 0.5) is 0 Å². The van der Waals surface area contributed by atoms with E-state index in [-0.39, 0.29) is 5.91 Å². The molecule has 1 heterocycles. The lowest BCUT2D eigenvalue weighted by atomic mass is 9.98. The zero-order valence-corrected chi connectivity index (χ0v) is 15.0. The van der Waals surface area contributed by atoms with Gasteiger partial charge in [-0.1, -0.05) is 30.3 Å². The van der Waals surface area contributed by atoms with E-state index in [1.165, 1.54) is 12.8 Å². The van der Waals surface area contributed by atoms with E-state index >= 15 is 0 Å². The molecule has 4 heteroatoms. The number of likely N-dealkylation sites (tertiary alicyclic amines) is 1. The summed E-state index contributed by atoms with van der Waals surface area (Å²) in [6.45, 7) is 2.95. The lowest BCUT2D eigenvalue weighted by molar-refractivity contribution is 0.0937. The highest BCUT2D eigenvalue weighted by molar-refractivity contribution is 5.95. The van der Waals surface area contributed by atoms with E-state index in [0.29, 0.717) is 11.5 Å². The second-order valence-corrected chi connectivity index (χ2v) is 6.76. The zero-order chi connectivity index (χ0) is 17.6. The Kier molecular flexibility index (Phi) is 5.71. The van der Waals surface area contributed by atoms with Crippen molar-refractivity contribution in [3.63, 3.8) is 0 Å². The van der Waals surface area contributed by atoms with Crippen molar-refractivity contribution in [1.82, 2.24) is 10.2 Å². The second-order valence-electron chi connectivity index (χ2n) is 6.76. The van der Waals surface area contributed by atoms with Crippen molar-refractivity contribution in [2.24, 2.45) is 5.92 Å². The van der Waals surface area contributed by atoms with Gasteiger partial charge in [0.05, 0.1) is 7.11 Å². The van der Waals surface area contributed by atoms with Crippen LogP contribution >= 0.6 is 0 Å². The fraction of sp³-hybridized carbons (Fsp3) is 0.381. The number of hydrogen-bond acceptors (Lipinski definition) is 3. The van der Waals surface area contributed by atoms with Crippen molar-refractivity contribution in [2.75, 3.05) is 33.8 Å². The normalized spacial score (nSPS) is 17.9. The Balaban J connectivity index is 1.69. The van der Waals surface area contributed by atoms with E-state index < -0.39 is 0 Å². The maximum absolute atomic E-state index is 12.6. The topological polar surface area (TPSA) is 41.6 Å². The monoisotopic (exact) mass is 338 g/mol. The van der Waals surface area contributed by atoms with Crippen LogP contribution in [0.3, 0.4) is 0 Å². The number of benzene rings is 2. The number of methoxy groups -OCH3 is 1. The molecule has 0 saturated carbocycles. The van der Waals surface area contributed by atoms with Gasteiger partial charge in [0.15, 0.2) is 0 Å². The molecule has 1 atom stereocenters. The van der Waals surface area contributed by atoms with Gasteiger partial charge in [-0.2, -0.15) is 0 Å². The predicted octanol–water partition coefficient (Wildman–Crippen LogP) is 3.43. The Morgan fingerprint density at radius 3 is 2.88 bits per heavy atom. The summed E-state index contributed by atoms with van der Waals surface area (Å²) in [6.07, 6.45) is 2.40. The molecule has 1 N–H and O–H groups in total. The first-order valence-electron chi connectivity index (χ1n) is 8.87. The maximum Gasteiger partial charge on any atom is 0.251 e. The summed E-state index contributed by atoms with van der Waals surface area (Å²) in [5.74, 6) is 1.34. The van der Waals surface area contributed by atoms with E-state index in [2.05, 4.69) is 17.3 Å². The third kappa shape index (κ3) is 4.40. The van der Waals surface area contributed by atoms with Crippen LogP contribution in [-0.4, -0.2) is 44.6 Å². The molecule has 25 heavy (non-hydrogen) atoms. The Hall–Kier alpha value is -2.33. The van der Waals surface area contributed by atoms with Crippen LogP contribution in [-0.2, 0) is 0 Å². The molecule has 0 aromatic heterocycles. The SMILES string of the molecule is COc1ccccc1-c1cccc(C(=O)NCC2CCCN(C)C2)c1. The Morgan fingerprint density at radius 2 is 2.08 bits per heavy atom. The highest BCUT2D eigenvalue weighted by Gasteiger charge is 2.18. The average molecular weight is 338 g/mol. The van der Waals surface area contributed by atoms with Gasteiger partial charge in [-0.25, -0.2) is 0 Å². The summed E-state index contributed by atoms with van der Waals surface area (Å²) in [5, 5.41) is 3.10. The number of piperidine rings is 1. The van der Waals surface area contributed by atoms with Gasteiger partial charge in [0, 0.05) is 24.2 Å². The van der Waals surface area contributed by atoms with Gasteiger partial charge in [0.1, 0.15) is 5.75 Å². The number of para-hydroxylation sites is 1.